The normalized spacial score (nSPS) is 11.9. The largest absolute Gasteiger partial charge is 0.395 e. The fourth-order valence-corrected chi connectivity index (χ4v) is 1.30. The smallest absolute Gasteiger partial charge is 0.179 e. The first kappa shape index (κ1) is 14.5. The Morgan fingerprint density at radius 3 is 2.87 bits per heavy atom. The molecule has 1 aromatic heterocycles. The van der Waals surface area contributed by atoms with Crippen molar-refractivity contribution in [3.63, 3.8) is 0 Å². The number of H-pyrrole nitrogens is 1. The third kappa shape index (κ3) is 4.22. The number of nitrogens with one attached hydrogen (secondary N) is 1. The maximum Gasteiger partial charge on any atom is 0.179 e. The van der Waals surface area contributed by atoms with Gasteiger partial charge in [0.2, 0.25) is 0 Å². The minimum atomic E-state index is -0.299. The highest BCUT2D eigenvalue weighted by Gasteiger charge is 2.09. The number of aliphatic hydroxyl groups is 1. The van der Waals surface area contributed by atoms with Gasteiger partial charge in [0.15, 0.2) is 5.78 Å². The highest BCUT2D eigenvalue weighted by atomic mass is 35.5. The highest BCUT2D eigenvalue weighted by Crippen LogP contribution is 2.07. The van der Waals surface area contributed by atoms with Gasteiger partial charge in [-0.2, -0.15) is 0 Å². The molecule has 4 nitrogen and oxygen atoms in total. The molecule has 0 aromatic carbocycles. The zero-order valence-corrected chi connectivity index (χ0v) is 9.64. The Bertz CT molecular complexity index is 315. The summed E-state index contributed by atoms with van der Waals surface area (Å²) < 4.78 is 0. The van der Waals surface area contributed by atoms with E-state index in [4.69, 9.17) is 22.4 Å². The van der Waals surface area contributed by atoms with Crippen LogP contribution in [0.1, 0.15) is 16.1 Å². The van der Waals surface area contributed by atoms with E-state index in [1.165, 1.54) is 0 Å². The number of carbonyl (C=O) groups excluding carboxylic acids is 1. The van der Waals surface area contributed by atoms with Gasteiger partial charge in [0.1, 0.15) is 0 Å². The van der Waals surface area contributed by atoms with Gasteiger partial charge in [-0.1, -0.05) is 0 Å². The van der Waals surface area contributed by atoms with E-state index >= 15 is 0 Å². The lowest BCUT2D eigenvalue weighted by Gasteiger charge is -2.04. The first-order valence-corrected chi connectivity index (χ1v) is 4.83. The lowest BCUT2D eigenvalue weighted by atomic mass is 10.1. The number of Topliss-reactive ketones (excluding diaryl/α,β-unsaturated/α-hetero) is 1. The van der Waals surface area contributed by atoms with Gasteiger partial charge in [-0.05, 0) is 6.07 Å². The molecule has 0 saturated heterocycles. The van der Waals surface area contributed by atoms with Gasteiger partial charge in [0.25, 0.3) is 0 Å². The first-order valence-electron chi connectivity index (χ1n) is 4.30. The summed E-state index contributed by atoms with van der Waals surface area (Å²) in [5.74, 6) is -0.143. The standard InChI is InChI=1S/C9H13ClN2O2.ClH/c10-3-9(14)6-1-8(12-4-6)2-7(11)5-13;/h1,4,7,12-13H,2-3,5,11H2;1H. The number of hydrogen-bond donors (Lipinski definition) is 3. The molecule has 1 aromatic rings. The Kier molecular flexibility index (Phi) is 6.60. The van der Waals surface area contributed by atoms with Crippen molar-refractivity contribution in [3.8, 4) is 0 Å². The fourth-order valence-electron chi connectivity index (χ4n) is 1.14. The van der Waals surface area contributed by atoms with Crippen LogP contribution in [-0.4, -0.2) is 34.4 Å². The number of halogens is 2. The number of aliphatic hydroxyl groups excluding tert-OH is 1. The Balaban J connectivity index is 0.00000196. The number of nitrogens with two attached hydrogens (primary N) is 1. The molecule has 0 amide bonds. The number of hydrogen-bond acceptors (Lipinski definition) is 3. The molecule has 0 aliphatic carbocycles. The van der Waals surface area contributed by atoms with Crippen LogP contribution in [0.25, 0.3) is 0 Å². The number of alkyl halides is 1. The maximum absolute atomic E-state index is 11.1. The van der Waals surface area contributed by atoms with Crippen LogP contribution >= 0.6 is 24.0 Å². The van der Waals surface area contributed by atoms with Crippen molar-refractivity contribution in [2.24, 2.45) is 5.73 Å². The van der Waals surface area contributed by atoms with Gasteiger partial charge in [0, 0.05) is 29.9 Å². The molecule has 6 heteroatoms. The topological polar surface area (TPSA) is 79.1 Å². The van der Waals surface area contributed by atoms with E-state index in [2.05, 4.69) is 4.98 Å². The predicted molar refractivity (Wildman–Crippen MR) is 61.9 cm³/mol. The average Bonchev–Trinajstić information content (AvgIpc) is 2.65. The van der Waals surface area contributed by atoms with Gasteiger partial charge in [-0.15, -0.1) is 24.0 Å². The molecule has 0 bridgehead atoms. The summed E-state index contributed by atoms with van der Waals surface area (Å²) in [5, 5.41) is 8.73. The summed E-state index contributed by atoms with van der Waals surface area (Å²) in [6.07, 6.45) is 2.12. The Hall–Kier alpha value is -0.550. The van der Waals surface area contributed by atoms with Crippen molar-refractivity contribution in [3.05, 3.63) is 23.5 Å². The van der Waals surface area contributed by atoms with E-state index < -0.39 is 0 Å². The molecule has 0 fully saturated rings. The maximum atomic E-state index is 11.1. The Morgan fingerprint density at radius 2 is 2.33 bits per heavy atom. The van der Waals surface area contributed by atoms with Crippen LogP contribution in [0.4, 0.5) is 0 Å². The third-order valence-electron chi connectivity index (χ3n) is 1.90. The lowest BCUT2D eigenvalue weighted by molar-refractivity contribution is 0.102. The van der Waals surface area contributed by atoms with Gasteiger partial charge in [-0.3, -0.25) is 4.79 Å². The van der Waals surface area contributed by atoms with Crippen LogP contribution in [0.2, 0.25) is 0 Å². The van der Waals surface area contributed by atoms with Gasteiger partial charge < -0.3 is 15.8 Å². The molecule has 0 saturated carbocycles. The van der Waals surface area contributed by atoms with Crippen LogP contribution in [0.5, 0.6) is 0 Å². The average molecular weight is 253 g/mol. The fraction of sp³-hybridized carbons (Fsp3) is 0.444. The van der Waals surface area contributed by atoms with Crippen LogP contribution in [0.3, 0.4) is 0 Å². The quantitative estimate of drug-likeness (QED) is 0.534. The molecule has 0 radical (unpaired) electrons. The van der Waals surface area contributed by atoms with Gasteiger partial charge >= 0.3 is 0 Å². The minimum absolute atomic E-state index is 0. The van der Waals surface area contributed by atoms with E-state index in [9.17, 15) is 4.79 Å². The molecule has 86 valence electrons. The molecule has 1 heterocycles. The number of rotatable bonds is 5. The second-order valence-corrected chi connectivity index (χ2v) is 3.38. The summed E-state index contributed by atoms with van der Waals surface area (Å²) in [5.41, 5.74) is 6.93. The molecule has 1 rings (SSSR count). The van der Waals surface area contributed by atoms with Crippen LogP contribution < -0.4 is 5.73 Å². The Morgan fingerprint density at radius 1 is 1.67 bits per heavy atom. The van der Waals surface area contributed by atoms with Crippen molar-refractivity contribution in [2.75, 3.05) is 12.5 Å². The molecule has 4 N–H and O–H groups in total. The minimum Gasteiger partial charge on any atom is -0.395 e. The summed E-state index contributed by atoms with van der Waals surface area (Å²) in [6, 6.07) is 1.41. The summed E-state index contributed by atoms with van der Waals surface area (Å²) in [4.78, 5) is 14.1. The second-order valence-electron chi connectivity index (χ2n) is 3.12. The first-order chi connectivity index (χ1) is 6.67. The number of carbonyl (C=O) groups is 1. The van der Waals surface area contributed by atoms with Gasteiger partial charge in [-0.25, -0.2) is 0 Å². The second kappa shape index (κ2) is 6.85. The van der Waals surface area contributed by atoms with Crippen molar-refractivity contribution in [2.45, 2.75) is 12.5 Å². The van der Waals surface area contributed by atoms with E-state index in [-0.39, 0.29) is 36.7 Å². The Labute approximate surface area is 99.2 Å². The van der Waals surface area contributed by atoms with E-state index in [0.29, 0.717) is 12.0 Å². The van der Waals surface area contributed by atoms with Crippen LogP contribution in [-0.2, 0) is 6.42 Å². The molecular formula is C9H14Cl2N2O2. The molecule has 1 unspecified atom stereocenters. The SMILES string of the molecule is Cl.NC(CO)Cc1cc(C(=O)CCl)c[nH]1. The molecular weight excluding hydrogens is 239 g/mol. The summed E-state index contributed by atoms with van der Waals surface area (Å²) in [7, 11) is 0. The van der Waals surface area contributed by atoms with E-state index in [0.717, 1.165) is 5.69 Å². The van der Waals surface area contributed by atoms with E-state index in [1.807, 2.05) is 0 Å². The zero-order valence-electron chi connectivity index (χ0n) is 8.07. The number of aromatic nitrogens is 1. The number of ketones is 1. The van der Waals surface area contributed by atoms with Crippen molar-refractivity contribution in [1.29, 1.82) is 0 Å². The van der Waals surface area contributed by atoms with E-state index in [1.54, 1.807) is 12.3 Å². The summed E-state index contributed by atoms with van der Waals surface area (Å²) >= 11 is 5.40. The molecule has 0 aliphatic rings. The van der Waals surface area contributed by atoms with Crippen LogP contribution in [0.15, 0.2) is 12.3 Å². The van der Waals surface area contributed by atoms with Crippen LogP contribution in [0, 0.1) is 0 Å². The van der Waals surface area contributed by atoms with Crippen molar-refractivity contribution < 1.29 is 9.90 Å². The van der Waals surface area contributed by atoms with Crippen molar-refractivity contribution >= 4 is 29.8 Å². The molecule has 15 heavy (non-hydrogen) atoms. The molecule has 0 spiro atoms. The van der Waals surface area contributed by atoms with Gasteiger partial charge in [0.05, 0.1) is 12.5 Å². The summed E-state index contributed by atoms with van der Waals surface area (Å²) in [6.45, 7) is -0.0716. The zero-order chi connectivity index (χ0) is 10.6. The number of aromatic amines is 1. The van der Waals surface area contributed by atoms with Crippen molar-refractivity contribution in [1.82, 2.24) is 4.98 Å². The third-order valence-corrected chi connectivity index (χ3v) is 2.15. The molecule has 0 aliphatic heterocycles. The highest BCUT2D eigenvalue weighted by molar-refractivity contribution is 6.30. The predicted octanol–water partition coefficient (Wildman–Crippen LogP) is 0.720. The monoisotopic (exact) mass is 252 g/mol. The molecule has 1 atom stereocenters. The lowest BCUT2D eigenvalue weighted by Crippen LogP contribution is -2.26.